The molecule has 0 amide bonds. The third-order valence-corrected chi connectivity index (χ3v) is 6.26. The Morgan fingerprint density at radius 3 is 1.45 bits per heavy atom. The van der Waals surface area contributed by atoms with E-state index < -0.39 is 92.4 Å². The van der Waals surface area contributed by atoms with Crippen molar-refractivity contribution in [2.45, 2.75) is 12.4 Å². The first-order chi connectivity index (χ1) is 18.2. The van der Waals surface area contributed by atoms with E-state index in [0.717, 1.165) is 6.07 Å². The Kier molecular flexibility index (Phi) is 7.80. The molecule has 14 nitrogen and oxygen atoms in total. The second-order valence-electron chi connectivity index (χ2n) is 7.34. The molecule has 2 aromatic carbocycles. The van der Waals surface area contributed by atoms with Crippen molar-refractivity contribution in [1.82, 2.24) is 19.9 Å². The number of aromatic amines is 4. The van der Waals surface area contributed by atoms with Gasteiger partial charge in [-0.15, -0.1) is 0 Å². The minimum Gasteiger partial charge on any atom is -0.316 e. The molecule has 40 heavy (non-hydrogen) atoms. The third kappa shape index (κ3) is 5.66. The third-order valence-electron chi connectivity index (χ3n) is 4.83. The van der Waals surface area contributed by atoms with Gasteiger partial charge in [0.1, 0.15) is 21.1 Å². The van der Waals surface area contributed by atoms with Gasteiger partial charge in [0, 0.05) is 4.47 Å². The van der Waals surface area contributed by atoms with E-state index in [1.165, 1.54) is 0 Å². The summed E-state index contributed by atoms with van der Waals surface area (Å²) in [6.07, 6.45) is -9.88. The SMILES string of the molecule is O=c1[nH]c2cc(Br)c(C(F)(F)F)c([N+](=O)[O-])c2[nH]c1=O.O=c1[nH]c2cc(C(F)(F)F)c(Br)c([N+](=O)[O-])c2[nH]c1=O. The lowest BCUT2D eigenvalue weighted by Crippen LogP contribution is -2.29. The number of nitrogens with one attached hydrogen (secondary N) is 4. The predicted molar refractivity (Wildman–Crippen MR) is 129 cm³/mol. The van der Waals surface area contributed by atoms with Crippen LogP contribution in [0.15, 0.2) is 40.3 Å². The van der Waals surface area contributed by atoms with Gasteiger partial charge in [0.05, 0.1) is 26.4 Å². The molecule has 4 aromatic rings. The number of hydrogen-bond donors (Lipinski definition) is 4. The van der Waals surface area contributed by atoms with Crippen LogP contribution in [0.5, 0.6) is 0 Å². The van der Waals surface area contributed by atoms with Crippen molar-refractivity contribution >= 4 is 65.3 Å². The largest absolute Gasteiger partial charge is 0.424 e. The van der Waals surface area contributed by atoms with E-state index in [1.807, 2.05) is 15.0 Å². The van der Waals surface area contributed by atoms with Crippen molar-refractivity contribution in [3.63, 3.8) is 0 Å². The zero-order chi connectivity index (χ0) is 30.5. The number of alkyl halides is 6. The van der Waals surface area contributed by atoms with E-state index in [0.29, 0.717) is 6.07 Å². The van der Waals surface area contributed by atoms with Crippen LogP contribution in [0.1, 0.15) is 11.1 Å². The summed E-state index contributed by atoms with van der Waals surface area (Å²) in [7, 11) is 0. The summed E-state index contributed by atoms with van der Waals surface area (Å²) in [5, 5.41) is 21.8. The van der Waals surface area contributed by atoms with Gasteiger partial charge in [-0.2, -0.15) is 26.3 Å². The average Bonchev–Trinajstić information content (AvgIpc) is 2.78. The Morgan fingerprint density at radius 2 is 1.05 bits per heavy atom. The first kappa shape index (κ1) is 30.2. The zero-order valence-electron chi connectivity index (χ0n) is 18.3. The maximum atomic E-state index is 12.9. The van der Waals surface area contributed by atoms with E-state index in [9.17, 15) is 65.7 Å². The van der Waals surface area contributed by atoms with Gasteiger partial charge in [0.15, 0.2) is 0 Å². The van der Waals surface area contributed by atoms with Crippen LogP contribution in [-0.4, -0.2) is 29.8 Å². The van der Waals surface area contributed by atoms with Gasteiger partial charge in [0.2, 0.25) is 0 Å². The van der Waals surface area contributed by atoms with Crippen LogP contribution in [0, 0.1) is 20.2 Å². The molecule has 0 radical (unpaired) electrons. The van der Waals surface area contributed by atoms with Crippen LogP contribution in [0.2, 0.25) is 0 Å². The smallest absolute Gasteiger partial charge is 0.316 e. The molecule has 2 heterocycles. The highest BCUT2D eigenvalue weighted by atomic mass is 79.9. The number of fused-ring (bicyclic) bond motifs is 2. The summed E-state index contributed by atoms with van der Waals surface area (Å²) >= 11 is 5.08. The summed E-state index contributed by atoms with van der Waals surface area (Å²) < 4.78 is 75.5. The van der Waals surface area contributed by atoms with Crippen molar-refractivity contribution in [1.29, 1.82) is 0 Å². The molecular formula is C18H6Br2F6N6O8. The first-order valence-corrected chi connectivity index (χ1v) is 11.2. The molecule has 4 rings (SSSR count). The quantitative estimate of drug-likeness (QED) is 0.104. The number of hydrogen-bond acceptors (Lipinski definition) is 8. The molecule has 0 atom stereocenters. The van der Waals surface area contributed by atoms with Gasteiger partial charge in [-0.3, -0.25) is 39.4 Å². The van der Waals surface area contributed by atoms with Gasteiger partial charge >= 0.3 is 46.0 Å². The Balaban J connectivity index is 0.000000220. The molecule has 0 aliphatic heterocycles. The van der Waals surface area contributed by atoms with Crippen molar-refractivity contribution in [3.05, 3.63) is 93.8 Å². The Morgan fingerprint density at radius 1 is 0.650 bits per heavy atom. The minimum atomic E-state index is -5.01. The molecule has 22 heteroatoms. The van der Waals surface area contributed by atoms with E-state index >= 15 is 0 Å². The highest BCUT2D eigenvalue weighted by Gasteiger charge is 2.42. The van der Waals surface area contributed by atoms with E-state index in [4.69, 9.17) is 0 Å². The number of benzene rings is 2. The molecule has 4 N–H and O–H groups in total. The van der Waals surface area contributed by atoms with Gasteiger partial charge in [0.25, 0.3) is 0 Å². The molecule has 0 unspecified atom stereocenters. The number of aromatic nitrogens is 4. The van der Waals surface area contributed by atoms with Gasteiger partial charge in [-0.25, -0.2) is 0 Å². The number of nitro groups is 2. The lowest BCUT2D eigenvalue weighted by molar-refractivity contribution is -0.386. The predicted octanol–water partition coefficient (Wildman–Crippen LogP) is 3.81. The number of nitrogens with zero attached hydrogens (tertiary/aromatic N) is 2. The highest BCUT2D eigenvalue weighted by Crippen LogP contribution is 2.44. The van der Waals surface area contributed by atoms with Crippen LogP contribution >= 0.6 is 31.9 Å². The summed E-state index contributed by atoms with van der Waals surface area (Å²) in [5.74, 6) is 0. The molecule has 0 aliphatic rings. The number of nitro benzene ring substituents is 2. The Labute approximate surface area is 227 Å². The lowest BCUT2D eigenvalue weighted by Gasteiger charge is -2.11. The van der Waals surface area contributed by atoms with E-state index in [1.54, 1.807) is 4.98 Å². The number of H-pyrrole nitrogens is 4. The second kappa shape index (κ2) is 10.3. The number of halogens is 8. The van der Waals surface area contributed by atoms with E-state index in [2.05, 4.69) is 31.9 Å². The molecule has 0 fully saturated rings. The van der Waals surface area contributed by atoms with E-state index in [-0.39, 0.29) is 5.52 Å². The van der Waals surface area contributed by atoms with Crippen LogP contribution in [-0.2, 0) is 12.4 Å². The molecule has 0 saturated heterocycles. The number of rotatable bonds is 2. The maximum Gasteiger partial charge on any atom is 0.424 e. The molecule has 212 valence electrons. The van der Waals surface area contributed by atoms with Crippen LogP contribution in [0.25, 0.3) is 22.1 Å². The fourth-order valence-electron chi connectivity index (χ4n) is 3.26. The first-order valence-electron chi connectivity index (χ1n) is 9.66. The minimum absolute atomic E-state index is 0.291. The highest BCUT2D eigenvalue weighted by molar-refractivity contribution is 9.11. The molecule has 0 spiro atoms. The molecule has 2 aromatic heterocycles. The fourth-order valence-corrected chi connectivity index (χ4v) is 4.58. The molecular weight excluding hydrogens is 702 g/mol. The van der Waals surface area contributed by atoms with Gasteiger partial charge in [-0.1, -0.05) is 0 Å². The van der Waals surface area contributed by atoms with Gasteiger partial charge < -0.3 is 19.9 Å². The molecule has 0 aliphatic carbocycles. The standard InChI is InChI=1S/2C9H3BrF3N3O4/c10-2-1-3-5(15-8(18)7(17)14-3)6(16(19)20)4(2)9(11,12)13;10-4-2(9(11,12)13)1-3-5(6(4)16(19)20)15-8(18)7(17)14-3/h2*1H,(H,14,17)(H,15,18). The van der Waals surface area contributed by atoms with Crippen molar-refractivity contribution in [2.24, 2.45) is 0 Å². The topological polar surface area (TPSA) is 218 Å². The summed E-state index contributed by atoms with van der Waals surface area (Å²) in [6.45, 7) is 0. The maximum absolute atomic E-state index is 12.9. The summed E-state index contributed by atoms with van der Waals surface area (Å²) in [6, 6.07) is 1.34. The molecule has 0 saturated carbocycles. The van der Waals surface area contributed by atoms with Crippen LogP contribution in [0.4, 0.5) is 37.7 Å². The molecule has 0 bridgehead atoms. The summed E-state index contributed by atoms with van der Waals surface area (Å²) in [4.78, 5) is 71.4. The van der Waals surface area contributed by atoms with Crippen molar-refractivity contribution in [2.75, 3.05) is 0 Å². The monoisotopic (exact) mass is 706 g/mol. The average molecular weight is 708 g/mol. The lowest BCUT2D eigenvalue weighted by atomic mass is 10.1. The van der Waals surface area contributed by atoms with Crippen LogP contribution < -0.4 is 22.2 Å². The fraction of sp³-hybridized carbons (Fsp3) is 0.111. The van der Waals surface area contributed by atoms with Gasteiger partial charge in [-0.05, 0) is 44.0 Å². The van der Waals surface area contributed by atoms with Crippen molar-refractivity contribution < 1.29 is 36.2 Å². The second-order valence-corrected chi connectivity index (χ2v) is 8.99. The Hall–Kier alpha value is -4.34. The van der Waals surface area contributed by atoms with Crippen molar-refractivity contribution in [3.8, 4) is 0 Å². The normalized spacial score (nSPS) is 11.8. The Bertz CT molecular complexity index is 1960. The van der Waals surface area contributed by atoms with Crippen LogP contribution in [0.3, 0.4) is 0 Å². The zero-order valence-corrected chi connectivity index (χ0v) is 21.5. The summed E-state index contributed by atoms with van der Waals surface area (Å²) in [5.41, 5.74) is -12.0.